The molecule has 1 amide bonds. The third-order valence-corrected chi connectivity index (χ3v) is 9.74. The van der Waals surface area contributed by atoms with E-state index in [-0.39, 0.29) is 15.7 Å². The van der Waals surface area contributed by atoms with Crippen LogP contribution >= 0.6 is 35.7 Å². The van der Waals surface area contributed by atoms with Gasteiger partial charge in [-0.1, -0.05) is 35.7 Å². The fourth-order valence-electron chi connectivity index (χ4n) is 4.48. The van der Waals surface area contributed by atoms with E-state index in [0.29, 0.717) is 55.3 Å². The Hall–Kier alpha value is -3.48. The molecule has 2 aliphatic rings. The molecule has 4 rings (SSSR count). The van der Waals surface area contributed by atoms with Gasteiger partial charge in [0.25, 0.3) is 5.91 Å². The molecule has 0 atom stereocenters. The Kier molecular flexibility index (Phi) is 9.05. The zero-order chi connectivity index (χ0) is 30.1. The quantitative estimate of drug-likeness (QED) is 0.221. The van der Waals surface area contributed by atoms with Crippen LogP contribution in [0.15, 0.2) is 50.4 Å². The van der Waals surface area contributed by atoms with E-state index < -0.39 is 17.5 Å². The molecule has 2 aromatic carbocycles. The van der Waals surface area contributed by atoms with Gasteiger partial charge >= 0.3 is 11.9 Å². The van der Waals surface area contributed by atoms with Gasteiger partial charge < -0.3 is 23.7 Å². The van der Waals surface area contributed by atoms with Gasteiger partial charge in [0, 0.05) is 22.8 Å². The summed E-state index contributed by atoms with van der Waals surface area (Å²) in [5.74, 6) is -0.132. The SMILES string of the molecule is CCOc1ccc2c(c1)C(=C1SC(C(=O)OC)=C(C(=O)OC)S1)C(=S)C(C)(C)N2C(=O)c1cc(OC)cc(OC)c1. The standard InChI is InChI=1S/C29H29NO8S3/c1-8-38-16-9-10-20-19(14-16)21(28-40-22(26(32)36-6)23(41-28)27(33)37-7)24(39)29(2,3)30(20)25(31)15-11-17(34-4)13-18(12-15)35-5/h9-14H,8H2,1-7H3. The average Bonchev–Trinajstić information content (AvgIpc) is 3.41. The zero-order valence-electron chi connectivity index (χ0n) is 23.6. The lowest BCUT2D eigenvalue weighted by Gasteiger charge is -2.45. The number of hydrogen-bond acceptors (Lipinski definition) is 11. The highest BCUT2D eigenvalue weighted by molar-refractivity contribution is 8.29. The van der Waals surface area contributed by atoms with Crippen LogP contribution in [0.5, 0.6) is 17.2 Å². The summed E-state index contributed by atoms with van der Waals surface area (Å²) >= 11 is 8.25. The molecule has 2 heterocycles. The van der Waals surface area contributed by atoms with Gasteiger partial charge in [-0.25, -0.2) is 9.59 Å². The second-order valence-corrected chi connectivity index (χ2v) is 12.0. The number of carbonyl (C=O) groups is 3. The minimum absolute atomic E-state index is 0.108. The van der Waals surface area contributed by atoms with Gasteiger partial charge in [-0.05, 0) is 51.1 Å². The molecule has 41 heavy (non-hydrogen) atoms. The normalized spacial score (nSPS) is 15.9. The van der Waals surface area contributed by atoms with Crippen molar-refractivity contribution in [1.82, 2.24) is 0 Å². The van der Waals surface area contributed by atoms with Gasteiger partial charge in [-0.2, -0.15) is 0 Å². The number of carbonyl (C=O) groups excluding carboxylic acids is 3. The topological polar surface area (TPSA) is 101 Å². The van der Waals surface area contributed by atoms with E-state index in [9.17, 15) is 14.4 Å². The summed E-state index contributed by atoms with van der Waals surface area (Å²) in [7, 11) is 5.52. The van der Waals surface area contributed by atoms with Crippen LogP contribution in [0.1, 0.15) is 36.7 Å². The third-order valence-electron chi connectivity index (χ3n) is 6.47. The first-order valence-electron chi connectivity index (χ1n) is 12.4. The largest absolute Gasteiger partial charge is 0.497 e. The summed E-state index contributed by atoms with van der Waals surface area (Å²) < 4.78 is 27.0. The Balaban J connectivity index is 1.94. The number of fused-ring (bicyclic) bond motifs is 1. The molecule has 0 fully saturated rings. The van der Waals surface area contributed by atoms with E-state index in [4.69, 9.17) is 35.9 Å². The first-order valence-corrected chi connectivity index (χ1v) is 14.5. The number of hydrogen-bond donors (Lipinski definition) is 0. The van der Waals surface area contributed by atoms with Crippen LogP contribution < -0.4 is 19.1 Å². The van der Waals surface area contributed by atoms with Gasteiger partial charge in [-0.15, -0.1) is 0 Å². The number of anilines is 1. The van der Waals surface area contributed by atoms with Crippen LogP contribution in [-0.2, 0) is 19.1 Å². The summed E-state index contributed by atoms with van der Waals surface area (Å²) in [5, 5.41) is 0. The molecule has 9 nitrogen and oxygen atoms in total. The molecular formula is C29H29NO8S3. The number of nitrogens with zero attached hydrogens (tertiary/aromatic N) is 1. The number of thioether (sulfide) groups is 2. The van der Waals surface area contributed by atoms with Gasteiger partial charge in [0.1, 0.15) is 27.1 Å². The zero-order valence-corrected chi connectivity index (χ0v) is 26.1. The van der Waals surface area contributed by atoms with E-state index >= 15 is 0 Å². The maximum Gasteiger partial charge on any atom is 0.346 e. The number of ether oxygens (including phenoxy) is 5. The number of amides is 1. The molecule has 0 N–H and O–H groups in total. The molecule has 0 radical (unpaired) electrons. The summed E-state index contributed by atoms with van der Waals surface area (Å²) in [6.07, 6.45) is 0. The fourth-order valence-corrected chi connectivity index (χ4v) is 7.51. The lowest BCUT2D eigenvalue weighted by molar-refractivity contribution is -0.138. The van der Waals surface area contributed by atoms with Crippen molar-refractivity contribution in [2.24, 2.45) is 0 Å². The summed E-state index contributed by atoms with van der Waals surface area (Å²) in [6.45, 7) is 6.00. The molecule has 2 aromatic rings. The van der Waals surface area contributed by atoms with E-state index in [1.807, 2.05) is 26.8 Å². The number of rotatable bonds is 7. The molecule has 0 saturated heterocycles. The Labute approximate surface area is 252 Å². The van der Waals surface area contributed by atoms with Crippen LogP contribution in [0, 0.1) is 0 Å². The van der Waals surface area contributed by atoms with Crippen LogP contribution in [0.25, 0.3) is 5.57 Å². The fraction of sp³-hybridized carbons (Fsp3) is 0.310. The second kappa shape index (κ2) is 12.2. The van der Waals surface area contributed by atoms with Crippen LogP contribution in [0.3, 0.4) is 0 Å². The highest BCUT2D eigenvalue weighted by Crippen LogP contribution is 2.56. The summed E-state index contributed by atoms with van der Waals surface area (Å²) in [4.78, 5) is 41.7. The highest BCUT2D eigenvalue weighted by atomic mass is 32.2. The van der Waals surface area contributed by atoms with Crippen LogP contribution in [0.2, 0.25) is 0 Å². The number of esters is 2. The van der Waals surface area contributed by atoms with E-state index in [2.05, 4.69) is 0 Å². The van der Waals surface area contributed by atoms with Gasteiger partial charge in [0.15, 0.2) is 0 Å². The molecule has 216 valence electrons. The predicted molar refractivity (Wildman–Crippen MR) is 164 cm³/mol. The minimum Gasteiger partial charge on any atom is -0.497 e. The second-order valence-electron chi connectivity index (χ2n) is 9.25. The van der Waals surface area contributed by atoms with Crippen molar-refractivity contribution in [3.8, 4) is 17.2 Å². The van der Waals surface area contributed by atoms with E-state index in [0.717, 1.165) is 23.5 Å². The van der Waals surface area contributed by atoms with Gasteiger partial charge in [0.05, 0.1) is 55.4 Å². The average molecular weight is 616 g/mol. The lowest BCUT2D eigenvalue weighted by atomic mass is 9.82. The first-order chi connectivity index (χ1) is 19.5. The van der Waals surface area contributed by atoms with Crippen LogP contribution in [0.4, 0.5) is 5.69 Å². The van der Waals surface area contributed by atoms with Crippen molar-refractivity contribution < 1.29 is 38.1 Å². The molecule has 0 saturated carbocycles. The minimum atomic E-state index is -1.01. The van der Waals surface area contributed by atoms with Gasteiger partial charge in [0.2, 0.25) is 0 Å². The van der Waals surface area contributed by atoms with Crippen LogP contribution in [-0.4, -0.2) is 63.3 Å². The maximum absolute atomic E-state index is 14.2. The molecule has 0 aromatic heterocycles. The predicted octanol–water partition coefficient (Wildman–Crippen LogP) is 5.62. The monoisotopic (exact) mass is 615 g/mol. The van der Waals surface area contributed by atoms with Crippen molar-refractivity contribution >= 4 is 69.7 Å². The summed E-state index contributed by atoms with van der Waals surface area (Å²) in [6, 6.07) is 10.4. The molecule has 0 spiro atoms. The summed E-state index contributed by atoms with van der Waals surface area (Å²) in [5.41, 5.74) is 1.15. The number of methoxy groups -OCH3 is 4. The van der Waals surface area contributed by atoms with Crippen molar-refractivity contribution in [2.75, 3.05) is 39.9 Å². The Morgan fingerprint density at radius 1 is 0.854 bits per heavy atom. The first kappa shape index (κ1) is 30.5. The number of thiocarbonyl (C=S) groups is 1. The lowest BCUT2D eigenvalue weighted by Crippen LogP contribution is -2.56. The third kappa shape index (κ3) is 5.55. The van der Waals surface area contributed by atoms with Crippen molar-refractivity contribution in [1.29, 1.82) is 0 Å². The molecule has 2 aliphatic heterocycles. The van der Waals surface area contributed by atoms with Crippen molar-refractivity contribution in [3.05, 3.63) is 61.6 Å². The van der Waals surface area contributed by atoms with Crippen molar-refractivity contribution in [2.45, 2.75) is 26.3 Å². The Morgan fingerprint density at radius 2 is 1.41 bits per heavy atom. The van der Waals surface area contributed by atoms with Gasteiger partial charge in [-0.3, -0.25) is 9.69 Å². The maximum atomic E-state index is 14.2. The molecular weight excluding hydrogens is 587 g/mol. The van der Waals surface area contributed by atoms with Crippen molar-refractivity contribution in [3.63, 3.8) is 0 Å². The molecule has 0 aliphatic carbocycles. The van der Waals surface area contributed by atoms with E-state index in [1.165, 1.54) is 28.4 Å². The number of benzene rings is 2. The highest BCUT2D eigenvalue weighted by Gasteiger charge is 2.46. The molecule has 0 unspecified atom stereocenters. The van der Waals surface area contributed by atoms with E-state index in [1.54, 1.807) is 35.2 Å². The Bertz CT molecular complexity index is 1460. The molecule has 12 heteroatoms. The smallest absolute Gasteiger partial charge is 0.346 e. The Morgan fingerprint density at radius 3 is 1.90 bits per heavy atom. The molecule has 0 bridgehead atoms.